The topological polar surface area (TPSA) is 18.5 Å². The number of benzene rings is 3. The summed E-state index contributed by atoms with van der Waals surface area (Å²) in [6.07, 6.45) is 0.714. The maximum atomic E-state index is 13.9. The number of rotatable bonds is 6. The maximum absolute atomic E-state index is 13.9. The van der Waals surface area contributed by atoms with E-state index in [2.05, 4.69) is 0 Å². The van der Waals surface area contributed by atoms with Gasteiger partial charge in [-0.1, -0.05) is 49.4 Å². The van der Waals surface area contributed by atoms with Gasteiger partial charge in [-0.05, 0) is 47.4 Å². The predicted molar refractivity (Wildman–Crippen MR) is 98.5 cm³/mol. The second-order valence-electron chi connectivity index (χ2n) is 5.80. The minimum absolute atomic E-state index is 0.253. The first-order chi connectivity index (χ1) is 12.2. The van der Waals surface area contributed by atoms with Crippen LogP contribution in [-0.2, 0) is 13.0 Å². The molecule has 3 rings (SSSR count). The second-order valence-corrected chi connectivity index (χ2v) is 5.80. The van der Waals surface area contributed by atoms with Gasteiger partial charge in [0.2, 0.25) is 0 Å². The minimum atomic E-state index is -0.253. The molecule has 128 valence electrons. The second kappa shape index (κ2) is 7.84. The number of hydrogen-bond donors (Lipinski definition) is 0. The Morgan fingerprint density at radius 3 is 2.28 bits per heavy atom. The highest BCUT2D eigenvalue weighted by atomic mass is 19.1. The summed E-state index contributed by atoms with van der Waals surface area (Å²) in [5, 5.41) is 0. The first-order valence-corrected chi connectivity index (χ1v) is 8.35. The molecule has 25 heavy (non-hydrogen) atoms. The molecule has 3 heteroatoms. The van der Waals surface area contributed by atoms with E-state index < -0.39 is 0 Å². The molecule has 0 bridgehead atoms. The summed E-state index contributed by atoms with van der Waals surface area (Å²) >= 11 is 0. The first-order valence-electron chi connectivity index (χ1n) is 8.35. The van der Waals surface area contributed by atoms with Crippen LogP contribution in [0.3, 0.4) is 0 Å². The zero-order valence-corrected chi connectivity index (χ0v) is 14.5. The smallest absolute Gasteiger partial charge is 0.130 e. The summed E-state index contributed by atoms with van der Waals surface area (Å²) in [5.41, 5.74) is 3.64. The highest BCUT2D eigenvalue weighted by Crippen LogP contribution is 2.35. The van der Waals surface area contributed by atoms with E-state index in [1.165, 1.54) is 12.1 Å². The van der Waals surface area contributed by atoms with Crippen LogP contribution in [0.5, 0.6) is 11.5 Å². The zero-order chi connectivity index (χ0) is 17.6. The van der Waals surface area contributed by atoms with Crippen molar-refractivity contribution in [2.24, 2.45) is 0 Å². The first kappa shape index (κ1) is 17.0. The van der Waals surface area contributed by atoms with Gasteiger partial charge in [-0.15, -0.1) is 0 Å². The fourth-order valence-corrected chi connectivity index (χ4v) is 2.84. The monoisotopic (exact) mass is 336 g/mol. The van der Waals surface area contributed by atoms with Gasteiger partial charge in [0.1, 0.15) is 23.9 Å². The molecule has 0 saturated carbocycles. The van der Waals surface area contributed by atoms with Gasteiger partial charge in [0.05, 0.1) is 7.11 Å². The van der Waals surface area contributed by atoms with E-state index in [9.17, 15) is 4.39 Å². The summed E-state index contributed by atoms with van der Waals surface area (Å²) in [7, 11) is 1.62. The molecule has 0 N–H and O–H groups in total. The van der Waals surface area contributed by atoms with Crippen LogP contribution in [0.15, 0.2) is 66.7 Å². The van der Waals surface area contributed by atoms with E-state index in [0.717, 1.165) is 33.8 Å². The zero-order valence-electron chi connectivity index (χ0n) is 14.5. The number of methoxy groups -OCH3 is 1. The van der Waals surface area contributed by atoms with Crippen LogP contribution in [0.4, 0.5) is 4.39 Å². The molecule has 0 aliphatic rings. The van der Waals surface area contributed by atoms with Crippen molar-refractivity contribution in [3.8, 4) is 22.6 Å². The van der Waals surface area contributed by atoms with Crippen molar-refractivity contribution in [2.45, 2.75) is 20.0 Å². The Bertz CT molecular complexity index is 827. The summed E-state index contributed by atoms with van der Waals surface area (Å²) in [4.78, 5) is 0. The van der Waals surface area contributed by atoms with Crippen LogP contribution in [0.1, 0.15) is 18.1 Å². The standard InChI is InChI=1S/C22H21FO2/c1-3-17-13-19(23)14-21(22(17)24-2)18-9-11-20(12-10-18)25-15-16-7-5-4-6-8-16/h4-14H,3,15H2,1-2H3. The SMILES string of the molecule is CCc1cc(F)cc(-c2ccc(OCc3ccccc3)cc2)c1OC. The number of aryl methyl sites for hydroxylation is 1. The van der Waals surface area contributed by atoms with Gasteiger partial charge in [-0.3, -0.25) is 0 Å². The summed E-state index contributed by atoms with van der Waals surface area (Å²) < 4.78 is 25.2. The molecule has 0 saturated heterocycles. The van der Waals surface area contributed by atoms with Crippen molar-refractivity contribution < 1.29 is 13.9 Å². The average Bonchev–Trinajstić information content (AvgIpc) is 2.67. The van der Waals surface area contributed by atoms with Crippen LogP contribution < -0.4 is 9.47 Å². The molecule has 3 aromatic rings. The number of ether oxygens (including phenoxy) is 2. The van der Waals surface area contributed by atoms with Crippen molar-refractivity contribution in [1.29, 1.82) is 0 Å². The predicted octanol–water partition coefficient (Wildman–Crippen LogP) is 5.64. The molecule has 0 atom stereocenters. The van der Waals surface area contributed by atoms with E-state index >= 15 is 0 Å². The van der Waals surface area contributed by atoms with E-state index in [1.807, 2.05) is 61.5 Å². The van der Waals surface area contributed by atoms with Crippen LogP contribution >= 0.6 is 0 Å². The molecule has 0 spiro atoms. The van der Waals surface area contributed by atoms with Crippen molar-refractivity contribution in [3.05, 3.63) is 83.7 Å². The molecular formula is C22H21FO2. The lowest BCUT2D eigenvalue weighted by Gasteiger charge is -2.14. The van der Waals surface area contributed by atoms with Crippen molar-refractivity contribution in [2.75, 3.05) is 7.11 Å². The Balaban J connectivity index is 1.82. The van der Waals surface area contributed by atoms with Crippen LogP contribution in [0.25, 0.3) is 11.1 Å². The number of hydrogen-bond acceptors (Lipinski definition) is 2. The average molecular weight is 336 g/mol. The molecule has 0 amide bonds. The Morgan fingerprint density at radius 1 is 0.920 bits per heavy atom. The van der Waals surface area contributed by atoms with Gasteiger partial charge in [-0.2, -0.15) is 0 Å². The quantitative estimate of drug-likeness (QED) is 0.580. The summed E-state index contributed by atoms with van der Waals surface area (Å²) in [6, 6.07) is 20.7. The Labute approximate surface area is 147 Å². The molecular weight excluding hydrogens is 315 g/mol. The third-order valence-electron chi connectivity index (χ3n) is 4.13. The Morgan fingerprint density at radius 2 is 1.64 bits per heavy atom. The Hall–Kier alpha value is -2.81. The van der Waals surface area contributed by atoms with Crippen LogP contribution in [-0.4, -0.2) is 7.11 Å². The van der Waals surface area contributed by atoms with Crippen LogP contribution in [0.2, 0.25) is 0 Å². The lowest BCUT2D eigenvalue weighted by atomic mass is 9.99. The highest BCUT2D eigenvalue weighted by molar-refractivity contribution is 5.72. The van der Waals surface area contributed by atoms with Gasteiger partial charge < -0.3 is 9.47 Å². The van der Waals surface area contributed by atoms with Crippen molar-refractivity contribution in [1.82, 2.24) is 0 Å². The molecule has 0 fully saturated rings. The lowest BCUT2D eigenvalue weighted by molar-refractivity contribution is 0.306. The molecule has 0 aliphatic carbocycles. The summed E-state index contributed by atoms with van der Waals surface area (Å²) in [5.74, 6) is 1.25. The molecule has 2 nitrogen and oxygen atoms in total. The van der Waals surface area contributed by atoms with E-state index in [-0.39, 0.29) is 5.82 Å². The van der Waals surface area contributed by atoms with E-state index in [0.29, 0.717) is 13.0 Å². The fraction of sp³-hybridized carbons (Fsp3) is 0.182. The molecule has 0 aromatic heterocycles. The summed E-state index contributed by atoms with van der Waals surface area (Å²) in [6.45, 7) is 2.51. The van der Waals surface area contributed by atoms with Gasteiger partial charge in [0, 0.05) is 5.56 Å². The molecule has 0 unspecified atom stereocenters. The third kappa shape index (κ3) is 4.00. The van der Waals surface area contributed by atoms with Gasteiger partial charge in [-0.25, -0.2) is 4.39 Å². The largest absolute Gasteiger partial charge is 0.496 e. The third-order valence-corrected chi connectivity index (χ3v) is 4.13. The van der Waals surface area contributed by atoms with Crippen molar-refractivity contribution in [3.63, 3.8) is 0 Å². The van der Waals surface area contributed by atoms with E-state index in [1.54, 1.807) is 7.11 Å². The van der Waals surface area contributed by atoms with Crippen molar-refractivity contribution >= 4 is 0 Å². The molecule has 0 aliphatic heterocycles. The maximum Gasteiger partial charge on any atom is 0.130 e. The normalized spacial score (nSPS) is 10.5. The van der Waals surface area contributed by atoms with Crippen LogP contribution in [0, 0.1) is 5.82 Å². The molecule has 0 heterocycles. The molecule has 3 aromatic carbocycles. The fourth-order valence-electron chi connectivity index (χ4n) is 2.84. The lowest BCUT2D eigenvalue weighted by Crippen LogP contribution is -1.97. The minimum Gasteiger partial charge on any atom is -0.496 e. The van der Waals surface area contributed by atoms with Gasteiger partial charge in [0.15, 0.2) is 0 Å². The van der Waals surface area contributed by atoms with E-state index in [4.69, 9.17) is 9.47 Å². The Kier molecular flexibility index (Phi) is 5.34. The van der Waals surface area contributed by atoms with Gasteiger partial charge in [0.25, 0.3) is 0 Å². The van der Waals surface area contributed by atoms with Gasteiger partial charge >= 0.3 is 0 Å². The molecule has 0 radical (unpaired) electrons. The highest BCUT2D eigenvalue weighted by Gasteiger charge is 2.12. The number of halogens is 1.